The van der Waals surface area contributed by atoms with E-state index in [9.17, 15) is 9.59 Å². The Kier molecular flexibility index (Phi) is 7.61. The second-order valence-electron chi connectivity index (χ2n) is 7.62. The lowest BCUT2D eigenvalue weighted by Crippen LogP contribution is -3.11. The Morgan fingerprint density at radius 3 is 1.92 bits per heavy atom. The number of quaternary nitrogens is 1. The lowest BCUT2D eigenvalue weighted by atomic mass is 10.1. The van der Waals surface area contributed by atoms with E-state index in [0.717, 1.165) is 21.7 Å². The van der Waals surface area contributed by atoms with Gasteiger partial charge in [-0.15, -0.1) is 0 Å². The fourth-order valence-electron chi connectivity index (χ4n) is 3.42. The summed E-state index contributed by atoms with van der Waals surface area (Å²) in [6.45, 7) is 14.7. The molecular weight excluding hydrogens is 314 g/mol. The zero-order chi connectivity index (χ0) is 19.3. The molecule has 0 saturated carbocycles. The number of rotatable bonds is 7. The van der Waals surface area contributed by atoms with E-state index in [4.69, 9.17) is 0 Å². The molecule has 0 spiro atoms. The lowest BCUT2D eigenvalue weighted by Gasteiger charge is -2.31. The first kappa shape index (κ1) is 21.2. The van der Waals surface area contributed by atoms with Crippen LogP contribution in [0.4, 0.5) is 5.69 Å². The van der Waals surface area contributed by atoms with Crippen LogP contribution in [0.3, 0.4) is 0 Å². The maximum absolute atomic E-state index is 12.5. The second kappa shape index (κ2) is 8.99. The van der Waals surface area contributed by atoms with E-state index >= 15 is 0 Å². The number of carbonyl (C=O) groups excluding carboxylic acids is 2. The van der Waals surface area contributed by atoms with Crippen molar-refractivity contribution in [3.8, 4) is 0 Å². The third-order valence-electron chi connectivity index (χ3n) is 4.26. The molecule has 0 aliphatic rings. The summed E-state index contributed by atoms with van der Waals surface area (Å²) in [5.74, 6) is 0.0130. The number of nitrogens with zero attached hydrogens (tertiary/aromatic N) is 1. The summed E-state index contributed by atoms with van der Waals surface area (Å²) >= 11 is 0. The summed E-state index contributed by atoms with van der Waals surface area (Å²) < 4.78 is 0. The third kappa shape index (κ3) is 6.16. The molecule has 2 amide bonds. The molecule has 25 heavy (non-hydrogen) atoms. The SMILES string of the molecule is Cc1cc(C)c(NC(=O)C[NH+](C)CC(=O)N(C(C)C)C(C)C)c(C)c1. The van der Waals surface area contributed by atoms with Gasteiger partial charge >= 0.3 is 0 Å². The molecule has 140 valence electrons. The number of amides is 2. The number of likely N-dealkylation sites (N-methyl/N-ethyl adjacent to an activating group) is 1. The summed E-state index contributed by atoms with van der Waals surface area (Å²) in [7, 11) is 1.88. The Morgan fingerprint density at radius 1 is 1.00 bits per heavy atom. The van der Waals surface area contributed by atoms with Crippen LogP contribution in [0.15, 0.2) is 12.1 Å². The van der Waals surface area contributed by atoms with Crippen LogP contribution >= 0.6 is 0 Å². The maximum Gasteiger partial charge on any atom is 0.279 e. The van der Waals surface area contributed by atoms with Gasteiger partial charge in [0.1, 0.15) is 0 Å². The van der Waals surface area contributed by atoms with Crippen molar-refractivity contribution in [1.29, 1.82) is 0 Å². The van der Waals surface area contributed by atoms with Crippen LogP contribution in [0.25, 0.3) is 0 Å². The van der Waals surface area contributed by atoms with Crippen LogP contribution in [-0.2, 0) is 9.59 Å². The zero-order valence-electron chi connectivity index (χ0n) is 17.0. The van der Waals surface area contributed by atoms with E-state index in [1.54, 1.807) is 0 Å². The van der Waals surface area contributed by atoms with Crippen molar-refractivity contribution < 1.29 is 14.5 Å². The minimum Gasteiger partial charge on any atom is -0.333 e. The summed E-state index contributed by atoms with van der Waals surface area (Å²) in [6, 6.07) is 4.44. The van der Waals surface area contributed by atoms with E-state index in [2.05, 4.69) is 17.4 Å². The average Bonchev–Trinajstić information content (AvgIpc) is 2.41. The standard InChI is InChI=1S/C20H33N3O2/c1-13(2)23(14(3)4)19(25)12-22(8)11-18(24)21-20-16(6)9-15(5)10-17(20)7/h9-10,13-14H,11-12H2,1-8H3,(H,21,24)/p+1. The monoisotopic (exact) mass is 348 g/mol. The van der Waals surface area contributed by atoms with Crippen LogP contribution in [0, 0.1) is 20.8 Å². The van der Waals surface area contributed by atoms with E-state index in [1.165, 1.54) is 5.56 Å². The number of anilines is 1. The highest BCUT2D eigenvalue weighted by atomic mass is 16.2. The summed E-state index contributed by atoms with van der Waals surface area (Å²) in [4.78, 5) is 27.6. The maximum atomic E-state index is 12.5. The minimum atomic E-state index is -0.0685. The predicted octanol–water partition coefficient (Wildman–Crippen LogP) is 1.71. The molecule has 0 aliphatic heterocycles. The molecule has 0 fully saturated rings. The van der Waals surface area contributed by atoms with Gasteiger partial charge in [-0.2, -0.15) is 0 Å². The molecule has 1 aromatic rings. The summed E-state index contributed by atoms with van der Waals surface area (Å²) in [6.07, 6.45) is 0. The van der Waals surface area contributed by atoms with Gasteiger partial charge in [-0.25, -0.2) is 0 Å². The number of nitrogens with one attached hydrogen (secondary N) is 2. The molecule has 2 N–H and O–H groups in total. The van der Waals surface area contributed by atoms with Gasteiger partial charge in [0.2, 0.25) is 0 Å². The van der Waals surface area contributed by atoms with Gasteiger partial charge in [0.05, 0.1) is 7.05 Å². The number of aryl methyl sites for hydroxylation is 3. The normalized spacial score (nSPS) is 12.4. The summed E-state index contributed by atoms with van der Waals surface area (Å²) in [5.41, 5.74) is 4.18. The molecule has 0 aromatic heterocycles. The van der Waals surface area contributed by atoms with Gasteiger partial charge in [0.15, 0.2) is 13.1 Å². The zero-order valence-corrected chi connectivity index (χ0v) is 17.0. The molecular formula is C20H34N3O2+. The highest BCUT2D eigenvalue weighted by Gasteiger charge is 2.24. The van der Waals surface area contributed by atoms with E-state index in [-0.39, 0.29) is 30.4 Å². The Bertz CT molecular complexity index is 592. The van der Waals surface area contributed by atoms with E-state index in [1.807, 2.05) is 60.4 Å². The molecule has 5 heteroatoms. The number of benzene rings is 1. The van der Waals surface area contributed by atoms with Crippen molar-refractivity contribution in [3.05, 3.63) is 28.8 Å². The average molecular weight is 349 g/mol. The Morgan fingerprint density at radius 2 is 1.48 bits per heavy atom. The highest BCUT2D eigenvalue weighted by Crippen LogP contribution is 2.21. The van der Waals surface area contributed by atoms with Crippen molar-refractivity contribution in [3.63, 3.8) is 0 Å². The fraction of sp³-hybridized carbons (Fsp3) is 0.600. The lowest BCUT2D eigenvalue weighted by molar-refractivity contribution is -0.862. The van der Waals surface area contributed by atoms with Crippen LogP contribution in [0.1, 0.15) is 44.4 Å². The van der Waals surface area contributed by atoms with Crippen molar-refractivity contribution in [2.24, 2.45) is 0 Å². The quantitative estimate of drug-likeness (QED) is 0.788. The second-order valence-corrected chi connectivity index (χ2v) is 7.62. The van der Waals surface area contributed by atoms with Gasteiger partial charge in [-0.05, 0) is 59.6 Å². The third-order valence-corrected chi connectivity index (χ3v) is 4.26. The first-order valence-corrected chi connectivity index (χ1v) is 9.03. The Balaban J connectivity index is 2.67. The number of hydrogen-bond acceptors (Lipinski definition) is 2. The minimum absolute atomic E-state index is 0.0685. The van der Waals surface area contributed by atoms with Gasteiger partial charge in [-0.3, -0.25) is 9.59 Å². The smallest absolute Gasteiger partial charge is 0.279 e. The van der Waals surface area contributed by atoms with Gasteiger partial charge in [-0.1, -0.05) is 17.7 Å². The molecule has 1 atom stereocenters. The van der Waals surface area contributed by atoms with Gasteiger partial charge in [0.25, 0.3) is 11.8 Å². The largest absolute Gasteiger partial charge is 0.333 e. The molecule has 1 rings (SSSR count). The first-order valence-electron chi connectivity index (χ1n) is 9.03. The molecule has 1 unspecified atom stereocenters. The molecule has 0 radical (unpaired) electrons. The highest BCUT2D eigenvalue weighted by molar-refractivity contribution is 5.93. The van der Waals surface area contributed by atoms with Crippen molar-refractivity contribution >= 4 is 17.5 Å². The van der Waals surface area contributed by atoms with E-state index in [0.29, 0.717) is 6.54 Å². The molecule has 5 nitrogen and oxygen atoms in total. The Labute approximate surface area is 152 Å². The van der Waals surface area contributed by atoms with Crippen LogP contribution in [-0.4, -0.2) is 48.9 Å². The number of carbonyl (C=O) groups is 2. The van der Waals surface area contributed by atoms with Gasteiger partial charge < -0.3 is 15.1 Å². The first-order chi connectivity index (χ1) is 11.5. The van der Waals surface area contributed by atoms with Crippen LogP contribution in [0.5, 0.6) is 0 Å². The molecule has 1 aromatic carbocycles. The van der Waals surface area contributed by atoms with Crippen molar-refractivity contribution in [2.75, 3.05) is 25.5 Å². The van der Waals surface area contributed by atoms with Crippen molar-refractivity contribution in [2.45, 2.75) is 60.5 Å². The Hall–Kier alpha value is -1.88. The summed E-state index contributed by atoms with van der Waals surface area (Å²) in [5, 5.41) is 3.00. The number of hydrogen-bond donors (Lipinski definition) is 2. The van der Waals surface area contributed by atoms with Crippen LogP contribution in [0.2, 0.25) is 0 Å². The molecule has 0 aliphatic carbocycles. The predicted molar refractivity (Wildman–Crippen MR) is 103 cm³/mol. The molecule has 0 heterocycles. The topological polar surface area (TPSA) is 53.9 Å². The fourth-order valence-corrected chi connectivity index (χ4v) is 3.42. The van der Waals surface area contributed by atoms with E-state index < -0.39 is 0 Å². The molecule has 0 bridgehead atoms. The molecule has 0 saturated heterocycles. The van der Waals surface area contributed by atoms with Crippen molar-refractivity contribution in [1.82, 2.24) is 4.90 Å². The van der Waals surface area contributed by atoms with Crippen LogP contribution < -0.4 is 10.2 Å². The van der Waals surface area contributed by atoms with Gasteiger partial charge in [0, 0.05) is 17.8 Å².